The Bertz CT molecular complexity index is 435. The van der Waals surface area contributed by atoms with E-state index in [0.717, 1.165) is 5.69 Å². The van der Waals surface area contributed by atoms with Crippen LogP contribution in [-0.4, -0.2) is 15.7 Å². The molecule has 0 saturated heterocycles. The molecular formula is C13H17N3O. The van der Waals surface area contributed by atoms with Crippen LogP contribution in [-0.2, 0) is 5.41 Å². The molecule has 0 aliphatic heterocycles. The highest BCUT2D eigenvalue weighted by molar-refractivity contribution is 5.38. The molecule has 4 nitrogen and oxygen atoms in total. The van der Waals surface area contributed by atoms with E-state index in [2.05, 4.69) is 11.1 Å². The Hall–Kier alpha value is -1.60. The van der Waals surface area contributed by atoms with Gasteiger partial charge in [0.25, 0.3) is 0 Å². The minimum absolute atomic E-state index is 0.560. The van der Waals surface area contributed by atoms with Crippen molar-refractivity contribution in [2.45, 2.75) is 43.6 Å². The fourth-order valence-electron chi connectivity index (χ4n) is 2.33. The first-order valence-electron chi connectivity index (χ1n) is 5.83. The van der Waals surface area contributed by atoms with Gasteiger partial charge < -0.3 is 10.8 Å². The molecule has 0 radical (unpaired) electrons. The van der Waals surface area contributed by atoms with Gasteiger partial charge in [0.2, 0.25) is 0 Å². The van der Waals surface area contributed by atoms with Gasteiger partial charge in [-0.2, -0.15) is 5.26 Å². The fraction of sp³-hybridized carbons (Fsp3) is 0.538. The van der Waals surface area contributed by atoms with Crippen molar-refractivity contribution in [1.29, 1.82) is 5.26 Å². The molecule has 4 heteroatoms. The smallest absolute Gasteiger partial charge is 0.0995 e. The molecule has 0 spiro atoms. The van der Waals surface area contributed by atoms with Crippen LogP contribution >= 0.6 is 0 Å². The average molecular weight is 231 g/mol. The summed E-state index contributed by atoms with van der Waals surface area (Å²) in [6.07, 6.45) is 4.14. The van der Waals surface area contributed by atoms with Gasteiger partial charge in [-0.25, -0.2) is 0 Å². The maximum Gasteiger partial charge on any atom is 0.0995 e. The van der Waals surface area contributed by atoms with Crippen molar-refractivity contribution in [2.24, 2.45) is 0 Å². The van der Waals surface area contributed by atoms with Crippen LogP contribution in [0.15, 0.2) is 18.3 Å². The van der Waals surface area contributed by atoms with E-state index in [4.69, 9.17) is 5.73 Å². The third-order valence-corrected chi connectivity index (χ3v) is 3.67. The Kier molecular flexibility index (Phi) is 2.80. The van der Waals surface area contributed by atoms with Crippen molar-refractivity contribution in [3.63, 3.8) is 0 Å². The zero-order valence-electron chi connectivity index (χ0n) is 9.98. The summed E-state index contributed by atoms with van der Waals surface area (Å²) in [5, 5.41) is 19.4. The molecular weight excluding hydrogens is 214 g/mol. The van der Waals surface area contributed by atoms with E-state index in [1.807, 2.05) is 13.0 Å². The number of aliphatic hydroxyl groups is 1. The molecule has 0 aromatic carbocycles. The highest BCUT2D eigenvalue weighted by Crippen LogP contribution is 2.41. The average Bonchev–Trinajstić information content (AvgIpc) is 2.31. The number of nitriles is 1. The van der Waals surface area contributed by atoms with Crippen LogP contribution < -0.4 is 5.73 Å². The largest absolute Gasteiger partial charge is 0.397 e. The van der Waals surface area contributed by atoms with Crippen molar-refractivity contribution < 1.29 is 5.11 Å². The van der Waals surface area contributed by atoms with Crippen LogP contribution in [0, 0.1) is 11.3 Å². The Morgan fingerprint density at radius 1 is 1.35 bits per heavy atom. The van der Waals surface area contributed by atoms with E-state index in [0.29, 0.717) is 31.4 Å². The van der Waals surface area contributed by atoms with Crippen LogP contribution in [0.2, 0.25) is 0 Å². The Morgan fingerprint density at radius 2 is 2.00 bits per heavy atom. The van der Waals surface area contributed by atoms with Crippen molar-refractivity contribution in [1.82, 2.24) is 4.98 Å². The molecule has 1 saturated carbocycles. The first kappa shape index (κ1) is 11.9. The zero-order valence-corrected chi connectivity index (χ0v) is 9.98. The Labute approximate surface area is 101 Å². The van der Waals surface area contributed by atoms with Gasteiger partial charge in [0.15, 0.2) is 0 Å². The molecule has 0 atom stereocenters. The highest BCUT2D eigenvalue weighted by atomic mass is 16.3. The predicted octanol–water partition coefficient (Wildman–Crippen LogP) is 1.75. The first-order chi connectivity index (χ1) is 7.97. The van der Waals surface area contributed by atoms with Crippen molar-refractivity contribution >= 4 is 5.69 Å². The summed E-state index contributed by atoms with van der Waals surface area (Å²) in [5.74, 6) is 0. The second-order valence-corrected chi connectivity index (χ2v) is 5.17. The normalized spacial score (nSPS) is 33.0. The van der Waals surface area contributed by atoms with Gasteiger partial charge >= 0.3 is 0 Å². The van der Waals surface area contributed by atoms with Gasteiger partial charge in [-0.15, -0.1) is 0 Å². The monoisotopic (exact) mass is 231 g/mol. The number of anilines is 1. The summed E-state index contributed by atoms with van der Waals surface area (Å²) in [7, 11) is 0. The molecule has 1 fully saturated rings. The number of hydrogen-bond donors (Lipinski definition) is 2. The summed E-state index contributed by atoms with van der Waals surface area (Å²) < 4.78 is 0. The SMILES string of the molecule is CC1(O)CCC(C#N)(c2ccc(N)cn2)CC1. The standard InChI is InChI=1S/C13H17N3O/c1-12(17)4-6-13(9-14,7-5-12)11-3-2-10(15)8-16-11/h2-3,8,17H,4-7,15H2,1H3. The van der Waals surface area contributed by atoms with E-state index in [9.17, 15) is 10.4 Å². The third-order valence-electron chi connectivity index (χ3n) is 3.67. The molecule has 0 bridgehead atoms. The Balaban J connectivity index is 2.28. The van der Waals surface area contributed by atoms with Gasteiger partial charge in [-0.1, -0.05) is 0 Å². The zero-order chi connectivity index (χ0) is 12.5. The topological polar surface area (TPSA) is 82.9 Å². The lowest BCUT2D eigenvalue weighted by Gasteiger charge is -2.37. The lowest BCUT2D eigenvalue weighted by molar-refractivity contribution is 0.00802. The second kappa shape index (κ2) is 4.01. The van der Waals surface area contributed by atoms with E-state index in [1.165, 1.54) is 0 Å². The van der Waals surface area contributed by atoms with Gasteiger partial charge in [-0.05, 0) is 44.7 Å². The molecule has 1 aliphatic carbocycles. The van der Waals surface area contributed by atoms with Gasteiger partial charge in [0.1, 0.15) is 0 Å². The lowest BCUT2D eigenvalue weighted by Crippen LogP contribution is -2.39. The summed E-state index contributed by atoms with van der Waals surface area (Å²) in [4.78, 5) is 4.26. The van der Waals surface area contributed by atoms with Gasteiger partial charge in [0, 0.05) is 0 Å². The summed E-state index contributed by atoms with van der Waals surface area (Å²) in [5.41, 5.74) is 5.76. The van der Waals surface area contributed by atoms with E-state index in [1.54, 1.807) is 12.3 Å². The molecule has 1 aliphatic rings. The Morgan fingerprint density at radius 3 is 2.47 bits per heavy atom. The highest BCUT2D eigenvalue weighted by Gasteiger charge is 2.41. The number of nitrogen functional groups attached to an aromatic ring is 1. The molecule has 1 aromatic heterocycles. The minimum Gasteiger partial charge on any atom is -0.397 e. The van der Waals surface area contributed by atoms with Crippen LogP contribution in [0.5, 0.6) is 0 Å². The fourth-order valence-corrected chi connectivity index (χ4v) is 2.33. The summed E-state index contributed by atoms with van der Waals surface area (Å²) in [6.45, 7) is 1.82. The van der Waals surface area contributed by atoms with Gasteiger partial charge in [0.05, 0.1) is 34.7 Å². The number of hydrogen-bond acceptors (Lipinski definition) is 4. The van der Waals surface area contributed by atoms with Crippen molar-refractivity contribution in [3.05, 3.63) is 24.0 Å². The van der Waals surface area contributed by atoms with Crippen LogP contribution in [0.3, 0.4) is 0 Å². The van der Waals surface area contributed by atoms with Crippen molar-refractivity contribution in [3.8, 4) is 6.07 Å². The molecule has 0 unspecified atom stereocenters. The number of aromatic nitrogens is 1. The van der Waals surface area contributed by atoms with E-state index >= 15 is 0 Å². The number of pyridine rings is 1. The number of nitrogens with zero attached hydrogens (tertiary/aromatic N) is 2. The third kappa shape index (κ3) is 2.25. The maximum absolute atomic E-state index is 9.94. The van der Waals surface area contributed by atoms with E-state index < -0.39 is 11.0 Å². The van der Waals surface area contributed by atoms with Crippen LogP contribution in [0.1, 0.15) is 38.3 Å². The maximum atomic E-state index is 9.94. The first-order valence-corrected chi connectivity index (χ1v) is 5.83. The van der Waals surface area contributed by atoms with Crippen LogP contribution in [0.25, 0.3) is 0 Å². The minimum atomic E-state index is -0.645. The molecule has 1 aromatic rings. The van der Waals surface area contributed by atoms with Crippen molar-refractivity contribution in [2.75, 3.05) is 5.73 Å². The van der Waals surface area contributed by atoms with Crippen LogP contribution in [0.4, 0.5) is 5.69 Å². The quantitative estimate of drug-likeness (QED) is 0.771. The molecule has 17 heavy (non-hydrogen) atoms. The summed E-state index contributed by atoms with van der Waals surface area (Å²) >= 11 is 0. The lowest BCUT2D eigenvalue weighted by atomic mass is 9.68. The van der Waals surface area contributed by atoms with Gasteiger partial charge in [-0.3, -0.25) is 4.98 Å². The number of nitrogens with two attached hydrogens (primary N) is 1. The molecule has 3 N–H and O–H groups in total. The summed E-state index contributed by atoms with van der Waals surface area (Å²) in [6, 6.07) is 5.97. The molecule has 0 amide bonds. The molecule has 90 valence electrons. The second-order valence-electron chi connectivity index (χ2n) is 5.17. The molecule has 1 heterocycles. The molecule has 2 rings (SSSR count). The van der Waals surface area contributed by atoms with E-state index in [-0.39, 0.29) is 0 Å². The number of rotatable bonds is 1. The predicted molar refractivity (Wildman–Crippen MR) is 65.0 cm³/mol.